The van der Waals surface area contributed by atoms with Crippen LogP contribution >= 0.6 is 0 Å². The number of rotatable bonds is 6. The number of nitrogens with one attached hydrogen (secondary N) is 1. The molecule has 2 unspecified atom stereocenters. The predicted molar refractivity (Wildman–Crippen MR) is 107 cm³/mol. The van der Waals surface area contributed by atoms with Gasteiger partial charge in [-0.15, -0.1) is 0 Å². The first-order valence-electron chi connectivity index (χ1n) is 10.0. The lowest BCUT2D eigenvalue weighted by molar-refractivity contribution is -0.0964. The number of hydrogen-bond donors (Lipinski definition) is 3. The van der Waals surface area contributed by atoms with Crippen molar-refractivity contribution in [3.63, 3.8) is 0 Å². The summed E-state index contributed by atoms with van der Waals surface area (Å²) in [5, 5.41) is 3.26. The summed E-state index contributed by atoms with van der Waals surface area (Å²) in [5.74, 6) is 0.924. The first-order chi connectivity index (χ1) is 13.7. The molecule has 2 heterocycles. The SMILES string of the molecule is CCCCc1cc(N2CCC(NC)C2)nc(C2(N)C=CC(N)=C(C(F)(F)F)C2)n1. The number of aromatic nitrogens is 2. The second kappa shape index (κ2) is 8.31. The van der Waals surface area contributed by atoms with Gasteiger partial charge in [-0.1, -0.05) is 19.4 Å². The maximum absolute atomic E-state index is 13.4. The Hall–Kier alpha value is -2.13. The van der Waals surface area contributed by atoms with E-state index in [0.717, 1.165) is 44.5 Å². The van der Waals surface area contributed by atoms with Crippen molar-refractivity contribution < 1.29 is 13.2 Å². The molecule has 0 radical (unpaired) electrons. The summed E-state index contributed by atoms with van der Waals surface area (Å²) in [4.78, 5) is 11.3. The minimum Gasteiger partial charge on any atom is -0.399 e. The summed E-state index contributed by atoms with van der Waals surface area (Å²) in [7, 11) is 1.92. The van der Waals surface area contributed by atoms with Gasteiger partial charge in [0.15, 0.2) is 5.82 Å². The molecule has 0 aromatic carbocycles. The molecule has 0 amide bonds. The minimum absolute atomic E-state index is 0.208. The van der Waals surface area contributed by atoms with Crippen LogP contribution in [-0.4, -0.2) is 42.3 Å². The Labute approximate surface area is 169 Å². The molecule has 29 heavy (non-hydrogen) atoms. The zero-order valence-corrected chi connectivity index (χ0v) is 16.9. The molecule has 1 aliphatic heterocycles. The molecule has 160 valence electrons. The number of alkyl halides is 3. The number of aryl methyl sites for hydroxylation is 1. The molecule has 0 spiro atoms. The summed E-state index contributed by atoms with van der Waals surface area (Å²) >= 11 is 0. The van der Waals surface area contributed by atoms with E-state index in [2.05, 4.69) is 27.1 Å². The Kier molecular flexibility index (Phi) is 6.19. The molecule has 0 saturated carbocycles. The van der Waals surface area contributed by atoms with Crippen LogP contribution < -0.4 is 21.7 Å². The fourth-order valence-corrected chi connectivity index (χ4v) is 3.75. The van der Waals surface area contributed by atoms with Gasteiger partial charge in [0.25, 0.3) is 0 Å². The largest absolute Gasteiger partial charge is 0.414 e. The van der Waals surface area contributed by atoms with Gasteiger partial charge in [0.1, 0.15) is 5.82 Å². The Bertz CT molecular complexity index is 804. The van der Waals surface area contributed by atoms with Gasteiger partial charge in [-0.25, -0.2) is 9.97 Å². The van der Waals surface area contributed by atoms with E-state index >= 15 is 0 Å². The third-order valence-corrected chi connectivity index (χ3v) is 5.61. The average Bonchev–Trinajstić information content (AvgIpc) is 3.17. The highest BCUT2D eigenvalue weighted by Gasteiger charge is 2.43. The molecular formula is C20H29F3N6. The van der Waals surface area contributed by atoms with Crippen molar-refractivity contribution in [1.82, 2.24) is 15.3 Å². The highest BCUT2D eigenvalue weighted by atomic mass is 19.4. The van der Waals surface area contributed by atoms with Crippen molar-refractivity contribution in [2.75, 3.05) is 25.0 Å². The summed E-state index contributed by atoms with van der Waals surface area (Å²) in [6, 6.07) is 2.29. The smallest absolute Gasteiger partial charge is 0.399 e. The molecule has 1 fully saturated rings. The highest BCUT2D eigenvalue weighted by molar-refractivity contribution is 5.45. The van der Waals surface area contributed by atoms with E-state index < -0.39 is 23.7 Å². The summed E-state index contributed by atoms with van der Waals surface area (Å²) in [5.41, 5.74) is 10.2. The van der Waals surface area contributed by atoms with E-state index in [1.54, 1.807) is 0 Å². The van der Waals surface area contributed by atoms with Crippen LogP contribution in [0.1, 0.15) is 44.1 Å². The van der Waals surface area contributed by atoms with Gasteiger partial charge in [-0.2, -0.15) is 13.2 Å². The normalized spacial score (nSPS) is 25.2. The number of unbranched alkanes of at least 4 members (excludes halogenated alkanes) is 1. The Morgan fingerprint density at radius 3 is 2.72 bits per heavy atom. The first kappa shape index (κ1) is 21.6. The number of hydrogen-bond acceptors (Lipinski definition) is 6. The zero-order valence-electron chi connectivity index (χ0n) is 16.9. The van der Waals surface area contributed by atoms with E-state index in [1.807, 2.05) is 13.1 Å². The third-order valence-electron chi connectivity index (χ3n) is 5.61. The van der Waals surface area contributed by atoms with Crippen LogP contribution in [0.5, 0.6) is 0 Å². The van der Waals surface area contributed by atoms with E-state index in [0.29, 0.717) is 11.9 Å². The topological polar surface area (TPSA) is 93.1 Å². The molecule has 5 N–H and O–H groups in total. The van der Waals surface area contributed by atoms with Crippen molar-refractivity contribution in [3.05, 3.63) is 41.0 Å². The number of halogens is 3. The van der Waals surface area contributed by atoms with E-state index in [-0.39, 0.29) is 11.5 Å². The van der Waals surface area contributed by atoms with Crippen LogP contribution in [0, 0.1) is 0 Å². The fourth-order valence-electron chi connectivity index (χ4n) is 3.75. The summed E-state index contributed by atoms with van der Waals surface area (Å²) in [6.07, 6.45) is 1.32. The van der Waals surface area contributed by atoms with E-state index in [4.69, 9.17) is 11.5 Å². The van der Waals surface area contributed by atoms with E-state index in [9.17, 15) is 13.2 Å². The number of allylic oxidation sites excluding steroid dienone is 1. The maximum Gasteiger partial charge on any atom is 0.414 e. The van der Waals surface area contributed by atoms with Crippen LogP contribution in [0.2, 0.25) is 0 Å². The van der Waals surface area contributed by atoms with Gasteiger partial charge >= 0.3 is 6.18 Å². The standard InChI is InChI=1S/C20H29F3N6/c1-3-4-5-13-10-17(29-9-7-14(12-29)26-2)28-18(27-13)19(25)8-6-16(24)15(11-19)20(21,22)23/h6,8,10,14,26H,3-5,7,9,11-12,24-25H2,1-2H3. The van der Waals surface area contributed by atoms with Gasteiger partial charge in [-0.05, 0) is 32.4 Å². The van der Waals surface area contributed by atoms with Crippen molar-refractivity contribution in [3.8, 4) is 0 Å². The maximum atomic E-state index is 13.4. The number of likely N-dealkylation sites (N-methyl/N-ethyl adjacent to an activating group) is 1. The van der Waals surface area contributed by atoms with E-state index in [1.165, 1.54) is 12.2 Å². The Morgan fingerprint density at radius 1 is 1.34 bits per heavy atom. The first-order valence-corrected chi connectivity index (χ1v) is 10.0. The average molecular weight is 410 g/mol. The molecule has 1 aromatic rings. The van der Waals surface area contributed by atoms with Crippen LogP contribution in [0.3, 0.4) is 0 Å². The molecule has 3 rings (SSSR count). The fraction of sp³-hybridized carbons (Fsp3) is 0.600. The lowest BCUT2D eigenvalue weighted by Crippen LogP contribution is -2.42. The lowest BCUT2D eigenvalue weighted by Gasteiger charge is -2.31. The molecule has 1 saturated heterocycles. The van der Waals surface area contributed by atoms with Gasteiger partial charge in [-0.3, -0.25) is 0 Å². The number of anilines is 1. The molecule has 2 atom stereocenters. The number of nitrogens with two attached hydrogens (primary N) is 2. The predicted octanol–water partition coefficient (Wildman–Crippen LogP) is 2.51. The summed E-state index contributed by atoms with van der Waals surface area (Å²) in [6.45, 7) is 3.69. The summed E-state index contributed by atoms with van der Waals surface area (Å²) < 4.78 is 40.3. The molecule has 1 aliphatic carbocycles. The van der Waals surface area contributed by atoms with Crippen molar-refractivity contribution in [2.45, 2.75) is 56.8 Å². The van der Waals surface area contributed by atoms with Gasteiger partial charge in [0.2, 0.25) is 0 Å². The second-order valence-corrected chi connectivity index (χ2v) is 7.85. The van der Waals surface area contributed by atoms with Gasteiger partial charge < -0.3 is 21.7 Å². The quantitative estimate of drug-likeness (QED) is 0.667. The second-order valence-electron chi connectivity index (χ2n) is 7.85. The highest BCUT2D eigenvalue weighted by Crippen LogP contribution is 2.39. The molecule has 6 nitrogen and oxygen atoms in total. The van der Waals surface area contributed by atoms with Crippen molar-refractivity contribution in [2.24, 2.45) is 11.5 Å². The van der Waals surface area contributed by atoms with Crippen LogP contribution in [-0.2, 0) is 12.0 Å². The Morgan fingerprint density at radius 2 is 2.10 bits per heavy atom. The Balaban J connectivity index is 1.97. The monoisotopic (exact) mass is 410 g/mol. The molecule has 9 heteroatoms. The van der Waals surface area contributed by atoms with Crippen molar-refractivity contribution >= 4 is 5.82 Å². The zero-order chi connectivity index (χ0) is 21.2. The van der Waals surface area contributed by atoms with Gasteiger partial charge in [0.05, 0.1) is 11.1 Å². The van der Waals surface area contributed by atoms with Crippen molar-refractivity contribution in [1.29, 1.82) is 0 Å². The lowest BCUT2D eigenvalue weighted by atomic mass is 9.85. The number of nitrogens with zero attached hydrogens (tertiary/aromatic N) is 3. The minimum atomic E-state index is -4.54. The molecular weight excluding hydrogens is 381 g/mol. The third kappa shape index (κ3) is 4.72. The van der Waals surface area contributed by atoms with Crippen LogP contribution in [0.15, 0.2) is 29.5 Å². The van der Waals surface area contributed by atoms with Crippen LogP contribution in [0.4, 0.5) is 19.0 Å². The molecule has 1 aromatic heterocycles. The molecule has 2 aliphatic rings. The van der Waals surface area contributed by atoms with Crippen LogP contribution in [0.25, 0.3) is 0 Å². The van der Waals surface area contributed by atoms with Gasteiger partial charge in [0, 0.05) is 43.0 Å². The molecule has 0 bridgehead atoms.